The standard InChI is InChI=1S/C24H23ClF4N6O/c1-35-11-31-20(21(35)22(36)32-15-2-3-18(26)17(25)10-15)14-6-12-8-16(9-13(12)7-14)33-23-30-5-4-19(34-23)24(27,28)29/h2-5,10-14,16H,6-9H2,1H3,(H,32,36)(H,30,33,34). The Morgan fingerprint density at radius 1 is 1.11 bits per heavy atom. The van der Waals surface area contributed by atoms with E-state index in [1.807, 2.05) is 0 Å². The molecule has 2 saturated carbocycles. The molecule has 2 N–H and O–H groups in total. The molecule has 5 rings (SSSR count). The van der Waals surface area contributed by atoms with Crippen molar-refractivity contribution in [1.82, 2.24) is 19.5 Å². The van der Waals surface area contributed by atoms with Crippen LogP contribution < -0.4 is 10.6 Å². The summed E-state index contributed by atoms with van der Waals surface area (Å²) in [6, 6.07) is 4.82. The van der Waals surface area contributed by atoms with Gasteiger partial charge in [-0.3, -0.25) is 4.79 Å². The van der Waals surface area contributed by atoms with Crippen molar-refractivity contribution in [3.8, 4) is 0 Å². The van der Waals surface area contributed by atoms with E-state index in [1.165, 1.54) is 18.2 Å². The Labute approximate surface area is 209 Å². The molecule has 0 saturated heterocycles. The zero-order valence-electron chi connectivity index (χ0n) is 19.2. The summed E-state index contributed by atoms with van der Waals surface area (Å²) in [5.74, 6) is -0.147. The smallest absolute Gasteiger partial charge is 0.351 e. The van der Waals surface area contributed by atoms with Crippen LogP contribution in [0.15, 0.2) is 36.8 Å². The Balaban J connectivity index is 1.24. The SMILES string of the molecule is Cn1cnc(C2CC3CC(Nc4nccc(C(F)(F)F)n4)CC3C2)c1C(=O)Nc1ccc(F)c(Cl)c1. The quantitative estimate of drug-likeness (QED) is 0.422. The van der Waals surface area contributed by atoms with Crippen LogP contribution in [0, 0.1) is 17.7 Å². The topological polar surface area (TPSA) is 84.7 Å². The number of amides is 1. The molecule has 1 amide bonds. The van der Waals surface area contributed by atoms with E-state index in [-0.39, 0.29) is 28.8 Å². The lowest BCUT2D eigenvalue weighted by Gasteiger charge is -2.17. The summed E-state index contributed by atoms with van der Waals surface area (Å²) >= 11 is 5.83. The Morgan fingerprint density at radius 2 is 1.83 bits per heavy atom. The van der Waals surface area contributed by atoms with Crippen molar-refractivity contribution >= 4 is 29.1 Å². The first kappa shape index (κ1) is 24.5. The van der Waals surface area contributed by atoms with E-state index in [0.717, 1.165) is 37.9 Å². The van der Waals surface area contributed by atoms with E-state index in [0.29, 0.717) is 28.9 Å². The van der Waals surface area contributed by atoms with Gasteiger partial charge in [-0.1, -0.05) is 11.6 Å². The highest BCUT2D eigenvalue weighted by molar-refractivity contribution is 6.31. The number of rotatable bonds is 5. The number of aromatic nitrogens is 4. The molecule has 2 unspecified atom stereocenters. The van der Waals surface area contributed by atoms with Gasteiger partial charge in [0, 0.05) is 30.9 Å². The highest BCUT2D eigenvalue weighted by atomic mass is 35.5. The van der Waals surface area contributed by atoms with Crippen molar-refractivity contribution in [3.05, 3.63) is 64.7 Å². The maximum Gasteiger partial charge on any atom is 0.433 e. The van der Waals surface area contributed by atoms with Gasteiger partial charge in [0.2, 0.25) is 5.95 Å². The fourth-order valence-electron chi connectivity index (χ4n) is 5.51. The Morgan fingerprint density at radius 3 is 2.50 bits per heavy atom. The Bertz CT molecular complexity index is 1280. The average molecular weight is 523 g/mol. The maximum absolute atomic E-state index is 13.5. The minimum absolute atomic E-state index is 0.0147. The van der Waals surface area contributed by atoms with Crippen LogP contribution in [0.3, 0.4) is 0 Å². The van der Waals surface area contributed by atoms with Crippen molar-refractivity contribution in [1.29, 1.82) is 0 Å². The van der Waals surface area contributed by atoms with Crippen LogP contribution in [0.1, 0.15) is 53.5 Å². The van der Waals surface area contributed by atoms with Gasteiger partial charge in [-0.25, -0.2) is 19.3 Å². The van der Waals surface area contributed by atoms with Gasteiger partial charge < -0.3 is 15.2 Å². The first-order valence-electron chi connectivity index (χ1n) is 11.5. The first-order valence-corrected chi connectivity index (χ1v) is 11.9. The molecule has 7 nitrogen and oxygen atoms in total. The third-order valence-corrected chi connectivity index (χ3v) is 7.33. The number of imidazole rings is 1. The van der Waals surface area contributed by atoms with E-state index in [4.69, 9.17) is 11.6 Å². The maximum atomic E-state index is 13.5. The molecule has 2 atom stereocenters. The third-order valence-electron chi connectivity index (χ3n) is 7.04. The monoisotopic (exact) mass is 522 g/mol. The number of carbonyl (C=O) groups is 1. The molecular formula is C24H23ClF4N6O. The number of carbonyl (C=O) groups excluding carboxylic acids is 1. The van der Waals surface area contributed by atoms with Gasteiger partial charge in [-0.2, -0.15) is 13.2 Å². The molecule has 0 aliphatic heterocycles. The molecule has 190 valence electrons. The van der Waals surface area contributed by atoms with E-state index in [9.17, 15) is 22.4 Å². The number of aryl methyl sites for hydroxylation is 1. The highest BCUT2D eigenvalue weighted by Crippen LogP contribution is 2.51. The minimum Gasteiger partial charge on any atom is -0.351 e. The summed E-state index contributed by atoms with van der Waals surface area (Å²) in [5.41, 5.74) is 0.561. The first-order chi connectivity index (χ1) is 17.1. The van der Waals surface area contributed by atoms with E-state index in [1.54, 1.807) is 17.9 Å². The van der Waals surface area contributed by atoms with Gasteiger partial charge >= 0.3 is 6.18 Å². The van der Waals surface area contributed by atoms with Crippen LogP contribution in [0.4, 0.5) is 29.2 Å². The van der Waals surface area contributed by atoms with Gasteiger partial charge in [-0.05, 0) is 61.8 Å². The lowest BCUT2D eigenvalue weighted by atomic mass is 9.97. The van der Waals surface area contributed by atoms with Gasteiger partial charge in [0.15, 0.2) is 0 Å². The van der Waals surface area contributed by atoms with Crippen molar-refractivity contribution in [2.45, 2.75) is 43.8 Å². The minimum atomic E-state index is -4.52. The van der Waals surface area contributed by atoms with Crippen molar-refractivity contribution < 1.29 is 22.4 Å². The van der Waals surface area contributed by atoms with E-state index < -0.39 is 17.7 Å². The van der Waals surface area contributed by atoms with Crippen molar-refractivity contribution in [2.24, 2.45) is 18.9 Å². The van der Waals surface area contributed by atoms with Crippen LogP contribution in [0.25, 0.3) is 0 Å². The number of nitrogens with zero attached hydrogens (tertiary/aromatic N) is 4. The zero-order chi connectivity index (χ0) is 25.6. The van der Waals surface area contributed by atoms with Gasteiger partial charge in [0.1, 0.15) is 17.2 Å². The fourth-order valence-corrected chi connectivity index (χ4v) is 5.69. The van der Waals surface area contributed by atoms with Gasteiger partial charge in [-0.15, -0.1) is 0 Å². The van der Waals surface area contributed by atoms with Crippen molar-refractivity contribution in [3.63, 3.8) is 0 Å². The lowest BCUT2D eigenvalue weighted by molar-refractivity contribution is -0.141. The number of hydrogen-bond donors (Lipinski definition) is 2. The number of anilines is 2. The van der Waals surface area contributed by atoms with Gasteiger partial charge in [0.05, 0.1) is 17.0 Å². The number of fused-ring (bicyclic) bond motifs is 1. The number of benzene rings is 1. The average Bonchev–Trinajstić information content (AvgIpc) is 3.48. The Kier molecular flexibility index (Phi) is 6.36. The second kappa shape index (κ2) is 9.34. The third kappa shape index (κ3) is 4.88. The largest absolute Gasteiger partial charge is 0.433 e. The summed E-state index contributed by atoms with van der Waals surface area (Å²) in [5, 5.41) is 5.74. The predicted molar refractivity (Wildman–Crippen MR) is 125 cm³/mol. The molecule has 0 bridgehead atoms. The summed E-state index contributed by atoms with van der Waals surface area (Å²) < 4.78 is 54.0. The summed E-state index contributed by atoms with van der Waals surface area (Å²) in [7, 11) is 1.74. The molecule has 36 heavy (non-hydrogen) atoms. The molecule has 1 aromatic carbocycles. The predicted octanol–water partition coefficient (Wildman–Crippen LogP) is 5.66. The number of hydrogen-bond acceptors (Lipinski definition) is 5. The molecule has 12 heteroatoms. The molecular weight excluding hydrogens is 500 g/mol. The number of nitrogens with one attached hydrogen (secondary N) is 2. The summed E-state index contributed by atoms with van der Waals surface area (Å²) in [4.78, 5) is 25.1. The second-order valence-corrected chi connectivity index (χ2v) is 9.84. The Hall–Kier alpha value is -3.21. The molecule has 0 spiro atoms. The molecule has 2 fully saturated rings. The van der Waals surface area contributed by atoms with Gasteiger partial charge in [0.25, 0.3) is 5.91 Å². The van der Waals surface area contributed by atoms with Crippen LogP contribution >= 0.6 is 11.6 Å². The normalized spacial score (nSPS) is 23.5. The molecule has 2 aliphatic carbocycles. The van der Waals surface area contributed by atoms with Crippen LogP contribution in [-0.2, 0) is 13.2 Å². The van der Waals surface area contributed by atoms with E-state index in [2.05, 4.69) is 25.6 Å². The van der Waals surface area contributed by atoms with Crippen LogP contribution in [0.2, 0.25) is 5.02 Å². The zero-order valence-corrected chi connectivity index (χ0v) is 19.9. The summed E-state index contributed by atoms with van der Waals surface area (Å²) in [6.45, 7) is 0. The number of halogens is 5. The highest BCUT2D eigenvalue weighted by Gasteiger charge is 2.44. The summed E-state index contributed by atoms with van der Waals surface area (Å²) in [6.07, 6.45) is 1.40. The van der Waals surface area contributed by atoms with Crippen molar-refractivity contribution in [2.75, 3.05) is 10.6 Å². The fraction of sp³-hybridized carbons (Fsp3) is 0.417. The molecule has 3 aromatic rings. The second-order valence-electron chi connectivity index (χ2n) is 9.44. The molecule has 2 heterocycles. The van der Waals surface area contributed by atoms with Crippen LogP contribution in [0.5, 0.6) is 0 Å². The van der Waals surface area contributed by atoms with E-state index >= 15 is 0 Å². The van der Waals surface area contributed by atoms with Crippen LogP contribution in [-0.4, -0.2) is 31.5 Å². The lowest BCUT2D eigenvalue weighted by Crippen LogP contribution is -2.21. The number of alkyl halides is 3. The molecule has 2 aromatic heterocycles. The molecule has 2 aliphatic rings. The molecule has 0 radical (unpaired) electrons.